The van der Waals surface area contributed by atoms with Crippen molar-refractivity contribution in [1.29, 1.82) is 0 Å². The van der Waals surface area contributed by atoms with Crippen LogP contribution in [0.2, 0.25) is 5.02 Å². The second kappa shape index (κ2) is 7.74. The summed E-state index contributed by atoms with van der Waals surface area (Å²) in [5, 5.41) is 0.884. The highest BCUT2D eigenvalue weighted by atomic mass is 35.5. The van der Waals surface area contributed by atoms with Gasteiger partial charge in [-0.25, -0.2) is 0 Å². The average Bonchev–Trinajstić information content (AvgIpc) is 2.50. The Hall–Kier alpha value is -1.27. The topological polar surface area (TPSA) is 0 Å². The Morgan fingerprint density at radius 1 is 0.792 bits per heavy atom. The van der Waals surface area contributed by atoms with Gasteiger partial charge in [0.2, 0.25) is 0 Å². The first-order valence-corrected chi connectivity index (χ1v) is 9.47. The molecule has 0 aliphatic rings. The molecule has 0 N–H and O–H groups in total. The van der Waals surface area contributed by atoms with Crippen LogP contribution < -0.4 is 0 Å². The molecule has 1 atom stereocenters. The third-order valence-corrected chi connectivity index (χ3v) is 5.37. The van der Waals surface area contributed by atoms with Crippen molar-refractivity contribution in [3.8, 4) is 0 Å². The van der Waals surface area contributed by atoms with Crippen LogP contribution in [0.5, 0.6) is 0 Å². The Labute approximate surface area is 153 Å². The minimum atomic E-state index is 0.485. The van der Waals surface area contributed by atoms with E-state index in [1.54, 1.807) is 0 Å². The van der Waals surface area contributed by atoms with E-state index in [0.29, 0.717) is 17.8 Å². The SMILES string of the molecule is Cc1ccc(C(C)Cc2cc(Cl)c(C)cc2C(C)C)c(C(C)C)c1. The maximum absolute atomic E-state index is 6.42. The molecule has 0 nitrogen and oxygen atoms in total. The number of hydrogen-bond donors (Lipinski definition) is 0. The van der Waals surface area contributed by atoms with Gasteiger partial charge in [0.1, 0.15) is 0 Å². The highest BCUT2D eigenvalue weighted by Crippen LogP contribution is 2.33. The van der Waals surface area contributed by atoms with E-state index >= 15 is 0 Å². The van der Waals surface area contributed by atoms with E-state index < -0.39 is 0 Å². The van der Waals surface area contributed by atoms with E-state index in [1.165, 1.54) is 33.4 Å². The van der Waals surface area contributed by atoms with E-state index in [2.05, 4.69) is 78.8 Å². The standard InChI is InChI=1S/C23H31Cl/c1-14(2)21-12-18(7)23(24)13-19(21)11-17(6)20-9-8-16(5)10-22(20)15(3)4/h8-10,12-15,17H,11H2,1-7H3. The molecule has 2 rings (SSSR count). The summed E-state index contributed by atoms with van der Waals surface area (Å²) in [6.45, 7) is 15.7. The molecule has 0 bridgehead atoms. The van der Waals surface area contributed by atoms with Gasteiger partial charge in [-0.2, -0.15) is 0 Å². The molecule has 24 heavy (non-hydrogen) atoms. The molecule has 1 heteroatoms. The fourth-order valence-corrected chi connectivity index (χ4v) is 3.73. The van der Waals surface area contributed by atoms with E-state index in [9.17, 15) is 0 Å². The van der Waals surface area contributed by atoms with Crippen molar-refractivity contribution in [2.45, 2.75) is 72.6 Å². The largest absolute Gasteiger partial charge is 0.0840 e. The molecule has 1 unspecified atom stereocenters. The van der Waals surface area contributed by atoms with Gasteiger partial charge < -0.3 is 0 Å². The van der Waals surface area contributed by atoms with Crippen molar-refractivity contribution in [3.05, 3.63) is 68.7 Å². The molecule has 0 spiro atoms. The second-order valence-electron chi connectivity index (χ2n) is 7.85. The maximum Gasteiger partial charge on any atom is 0.0438 e. The number of rotatable bonds is 5. The summed E-state index contributed by atoms with van der Waals surface area (Å²) in [4.78, 5) is 0. The predicted molar refractivity (Wildman–Crippen MR) is 108 cm³/mol. The van der Waals surface area contributed by atoms with Crippen LogP contribution in [0.25, 0.3) is 0 Å². The Morgan fingerprint density at radius 2 is 1.42 bits per heavy atom. The highest BCUT2D eigenvalue weighted by Gasteiger charge is 2.17. The lowest BCUT2D eigenvalue weighted by Crippen LogP contribution is -2.07. The summed E-state index contributed by atoms with van der Waals surface area (Å²) in [6, 6.07) is 11.4. The van der Waals surface area contributed by atoms with E-state index in [1.807, 2.05) is 0 Å². The third kappa shape index (κ3) is 4.22. The van der Waals surface area contributed by atoms with Gasteiger partial charge in [0.05, 0.1) is 0 Å². The minimum Gasteiger partial charge on any atom is -0.0840 e. The average molecular weight is 343 g/mol. The smallest absolute Gasteiger partial charge is 0.0438 e. The van der Waals surface area contributed by atoms with Gasteiger partial charge in [-0.15, -0.1) is 0 Å². The monoisotopic (exact) mass is 342 g/mol. The van der Waals surface area contributed by atoms with Gasteiger partial charge >= 0.3 is 0 Å². The van der Waals surface area contributed by atoms with Crippen LogP contribution in [-0.2, 0) is 6.42 Å². The Balaban J connectivity index is 2.40. The summed E-state index contributed by atoms with van der Waals surface area (Å²) >= 11 is 6.42. The van der Waals surface area contributed by atoms with Crippen molar-refractivity contribution >= 4 is 11.6 Å². The van der Waals surface area contributed by atoms with Crippen molar-refractivity contribution in [2.75, 3.05) is 0 Å². The molecule has 2 aromatic carbocycles. The highest BCUT2D eigenvalue weighted by molar-refractivity contribution is 6.31. The zero-order chi connectivity index (χ0) is 18.0. The van der Waals surface area contributed by atoms with Gasteiger partial charge in [-0.05, 0) is 71.9 Å². The molecule has 130 valence electrons. The van der Waals surface area contributed by atoms with Gasteiger partial charge in [0, 0.05) is 5.02 Å². The first kappa shape index (κ1) is 19.1. The minimum absolute atomic E-state index is 0.485. The molecule has 0 aliphatic heterocycles. The Kier molecular flexibility index (Phi) is 6.15. The molecule has 0 radical (unpaired) electrons. The van der Waals surface area contributed by atoms with Crippen LogP contribution in [0.3, 0.4) is 0 Å². The Bertz CT molecular complexity index is 710. The number of benzene rings is 2. The van der Waals surface area contributed by atoms with Gasteiger partial charge in [-0.3, -0.25) is 0 Å². The van der Waals surface area contributed by atoms with E-state index in [4.69, 9.17) is 11.6 Å². The predicted octanol–water partition coefficient (Wildman–Crippen LogP) is 7.55. The Morgan fingerprint density at radius 3 is 2.00 bits per heavy atom. The van der Waals surface area contributed by atoms with Crippen LogP contribution in [-0.4, -0.2) is 0 Å². The van der Waals surface area contributed by atoms with Crippen molar-refractivity contribution in [3.63, 3.8) is 0 Å². The molecular weight excluding hydrogens is 312 g/mol. The quantitative estimate of drug-likeness (QED) is 0.526. The van der Waals surface area contributed by atoms with Crippen LogP contribution in [0, 0.1) is 13.8 Å². The van der Waals surface area contributed by atoms with Gasteiger partial charge in [0.15, 0.2) is 0 Å². The summed E-state index contributed by atoms with van der Waals surface area (Å²) < 4.78 is 0. The molecule has 0 aromatic heterocycles. The van der Waals surface area contributed by atoms with Gasteiger partial charge in [-0.1, -0.05) is 76.0 Å². The normalized spacial score (nSPS) is 12.9. The first-order chi connectivity index (χ1) is 11.2. The summed E-state index contributed by atoms with van der Waals surface area (Å²) in [5.74, 6) is 1.55. The zero-order valence-corrected chi connectivity index (χ0v) is 17.0. The fourth-order valence-electron chi connectivity index (χ4n) is 3.54. The molecule has 0 heterocycles. The molecule has 0 saturated carbocycles. The van der Waals surface area contributed by atoms with Crippen LogP contribution in [0.4, 0.5) is 0 Å². The second-order valence-corrected chi connectivity index (χ2v) is 8.25. The van der Waals surface area contributed by atoms with Crippen LogP contribution in [0.1, 0.15) is 85.8 Å². The summed E-state index contributed by atoms with van der Waals surface area (Å²) in [5.41, 5.74) is 8.30. The van der Waals surface area contributed by atoms with E-state index in [-0.39, 0.29) is 0 Å². The lowest BCUT2D eigenvalue weighted by molar-refractivity contribution is 0.713. The van der Waals surface area contributed by atoms with Crippen LogP contribution >= 0.6 is 11.6 Å². The molecule has 0 aliphatic carbocycles. The first-order valence-electron chi connectivity index (χ1n) is 9.10. The molecule has 0 fully saturated rings. The maximum atomic E-state index is 6.42. The van der Waals surface area contributed by atoms with Gasteiger partial charge in [0.25, 0.3) is 0 Å². The lowest BCUT2D eigenvalue weighted by atomic mass is 9.83. The molecule has 2 aromatic rings. The van der Waals surface area contributed by atoms with Crippen LogP contribution in [0.15, 0.2) is 30.3 Å². The summed E-state index contributed by atoms with van der Waals surface area (Å²) in [6.07, 6.45) is 1.04. The van der Waals surface area contributed by atoms with Crippen molar-refractivity contribution in [2.24, 2.45) is 0 Å². The van der Waals surface area contributed by atoms with E-state index in [0.717, 1.165) is 11.4 Å². The fraction of sp³-hybridized carbons (Fsp3) is 0.478. The lowest BCUT2D eigenvalue weighted by Gasteiger charge is -2.22. The number of halogens is 1. The molecule has 0 amide bonds. The third-order valence-electron chi connectivity index (χ3n) is 4.96. The summed E-state index contributed by atoms with van der Waals surface area (Å²) in [7, 11) is 0. The molecule has 0 saturated heterocycles. The zero-order valence-electron chi connectivity index (χ0n) is 16.2. The van der Waals surface area contributed by atoms with Crippen molar-refractivity contribution < 1.29 is 0 Å². The number of hydrogen-bond acceptors (Lipinski definition) is 0. The van der Waals surface area contributed by atoms with Crippen molar-refractivity contribution in [1.82, 2.24) is 0 Å². The molecular formula is C23H31Cl. The number of aryl methyl sites for hydroxylation is 2.